The second kappa shape index (κ2) is 5.69. The summed E-state index contributed by atoms with van der Waals surface area (Å²) in [5, 5.41) is 14.1. The minimum absolute atomic E-state index is 0.227. The Bertz CT molecular complexity index is 561. The van der Waals surface area contributed by atoms with Crippen molar-refractivity contribution in [2.45, 2.75) is 20.0 Å². The first-order chi connectivity index (χ1) is 8.56. The van der Waals surface area contributed by atoms with E-state index < -0.39 is 5.97 Å². The molecule has 0 aliphatic rings. The number of carbonyl (C=O) groups is 1. The first-order valence-electron chi connectivity index (χ1n) is 5.32. The fourth-order valence-corrected chi connectivity index (χ4v) is 3.02. The number of thiophene rings is 1. The van der Waals surface area contributed by atoms with Crippen molar-refractivity contribution in [3.8, 4) is 0 Å². The Morgan fingerprint density at radius 2 is 2.28 bits per heavy atom. The van der Waals surface area contributed by atoms with Crippen molar-refractivity contribution < 1.29 is 14.3 Å². The van der Waals surface area contributed by atoms with Gasteiger partial charge in [-0.1, -0.05) is 0 Å². The summed E-state index contributed by atoms with van der Waals surface area (Å²) < 4.78 is 6.45. The Balaban J connectivity index is 1.90. The molecule has 0 radical (unpaired) electrons. The number of hydrogen-bond acceptors (Lipinski definition) is 4. The third-order valence-corrected chi connectivity index (χ3v) is 4.12. The Hall–Kier alpha value is -1.11. The largest absolute Gasteiger partial charge is 0.478 e. The van der Waals surface area contributed by atoms with Crippen LogP contribution in [0.4, 0.5) is 0 Å². The van der Waals surface area contributed by atoms with Crippen molar-refractivity contribution in [3.63, 3.8) is 0 Å². The molecule has 96 valence electrons. The van der Waals surface area contributed by atoms with Crippen LogP contribution in [0.3, 0.4) is 0 Å². The average molecular weight is 330 g/mol. The van der Waals surface area contributed by atoms with Gasteiger partial charge in [0.05, 0.1) is 6.54 Å². The summed E-state index contributed by atoms with van der Waals surface area (Å²) in [5.41, 5.74) is 0.227. The highest BCUT2D eigenvalue weighted by Gasteiger charge is 2.13. The van der Waals surface area contributed by atoms with Gasteiger partial charge in [0.1, 0.15) is 17.1 Å². The Kier molecular flexibility index (Phi) is 4.21. The Morgan fingerprint density at radius 1 is 1.50 bits per heavy atom. The van der Waals surface area contributed by atoms with Gasteiger partial charge >= 0.3 is 5.97 Å². The number of aromatic carboxylic acids is 1. The second-order valence-corrected chi connectivity index (χ2v) is 5.73. The quantitative estimate of drug-likeness (QED) is 0.882. The number of carboxylic acids is 1. The lowest BCUT2D eigenvalue weighted by atomic mass is 10.2. The Labute approximate surface area is 117 Å². The van der Waals surface area contributed by atoms with Gasteiger partial charge in [-0.05, 0) is 35.0 Å². The van der Waals surface area contributed by atoms with Crippen LogP contribution in [-0.2, 0) is 13.1 Å². The number of halogens is 1. The van der Waals surface area contributed by atoms with Gasteiger partial charge in [0.15, 0.2) is 0 Å². The molecule has 18 heavy (non-hydrogen) atoms. The van der Waals surface area contributed by atoms with Crippen LogP contribution in [0.25, 0.3) is 0 Å². The molecule has 2 N–H and O–H groups in total. The van der Waals surface area contributed by atoms with Crippen molar-refractivity contribution in [2.75, 3.05) is 0 Å². The third-order valence-electron chi connectivity index (χ3n) is 2.42. The molecule has 0 fully saturated rings. The van der Waals surface area contributed by atoms with Crippen LogP contribution in [0, 0.1) is 6.92 Å². The standard InChI is InChI=1S/C12H12BrNO3S/c1-7-11(12(15)16)3-9(17-7)4-14-5-10-2-8(13)6-18-10/h2-3,6,14H,4-5H2,1H3,(H,15,16). The zero-order valence-corrected chi connectivity index (χ0v) is 12.1. The first kappa shape index (κ1) is 13.3. The molecule has 0 unspecified atom stereocenters. The van der Waals surface area contributed by atoms with E-state index in [2.05, 4.69) is 21.2 Å². The zero-order chi connectivity index (χ0) is 13.1. The van der Waals surface area contributed by atoms with Crippen LogP contribution in [0.5, 0.6) is 0 Å². The molecule has 0 spiro atoms. The van der Waals surface area contributed by atoms with Gasteiger partial charge in [-0.2, -0.15) is 0 Å². The molecule has 2 rings (SSSR count). The predicted molar refractivity (Wildman–Crippen MR) is 73.0 cm³/mol. The number of furan rings is 1. The van der Waals surface area contributed by atoms with Gasteiger partial charge in [-0.25, -0.2) is 4.79 Å². The number of rotatable bonds is 5. The summed E-state index contributed by atoms with van der Waals surface area (Å²) in [6.45, 7) is 2.91. The SMILES string of the molecule is Cc1oc(CNCc2cc(Br)cs2)cc1C(=O)O. The summed E-state index contributed by atoms with van der Waals surface area (Å²) in [5.74, 6) is 0.128. The number of nitrogens with one attached hydrogen (secondary N) is 1. The molecule has 0 amide bonds. The normalized spacial score (nSPS) is 10.8. The molecule has 0 bridgehead atoms. The van der Waals surface area contributed by atoms with E-state index in [-0.39, 0.29) is 5.56 Å². The molecule has 0 saturated carbocycles. The number of carboxylic acid groups (broad SMARTS) is 1. The lowest BCUT2D eigenvalue weighted by Crippen LogP contribution is -2.11. The van der Waals surface area contributed by atoms with Crippen molar-refractivity contribution in [3.05, 3.63) is 43.9 Å². The van der Waals surface area contributed by atoms with Crippen LogP contribution in [-0.4, -0.2) is 11.1 Å². The van der Waals surface area contributed by atoms with Gasteiger partial charge in [0.25, 0.3) is 0 Å². The molecule has 0 aromatic carbocycles. The second-order valence-electron chi connectivity index (χ2n) is 3.82. The van der Waals surface area contributed by atoms with Gasteiger partial charge in [0, 0.05) is 21.3 Å². The molecule has 0 saturated heterocycles. The minimum Gasteiger partial charge on any atom is -0.478 e. The van der Waals surface area contributed by atoms with E-state index in [0.29, 0.717) is 18.1 Å². The topological polar surface area (TPSA) is 62.5 Å². The molecule has 0 atom stereocenters. The monoisotopic (exact) mass is 329 g/mol. The summed E-state index contributed by atoms with van der Waals surface area (Å²) in [4.78, 5) is 12.1. The lowest BCUT2D eigenvalue weighted by molar-refractivity contribution is 0.0695. The highest BCUT2D eigenvalue weighted by molar-refractivity contribution is 9.10. The molecule has 2 aromatic rings. The van der Waals surface area contributed by atoms with E-state index >= 15 is 0 Å². The van der Waals surface area contributed by atoms with Crippen LogP contribution in [0.2, 0.25) is 0 Å². The van der Waals surface area contributed by atoms with Gasteiger partial charge in [-0.3, -0.25) is 0 Å². The van der Waals surface area contributed by atoms with E-state index in [1.54, 1.807) is 24.3 Å². The van der Waals surface area contributed by atoms with Crippen LogP contribution >= 0.6 is 27.3 Å². The van der Waals surface area contributed by atoms with E-state index in [0.717, 1.165) is 11.0 Å². The average Bonchev–Trinajstić information content (AvgIpc) is 2.85. The van der Waals surface area contributed by atoms with Crippen LogP contribution < -0.4 is 5.32 Å². The van der Waals surface area contributed by atoms with E-state index in [4.69, 9.17) is 9.52 Å². The fraction of sp³-hybridized carbons (Fsp3) is 0.250. The zero-order valence-electron chi connectivity index (χ0n) is 9.70. The van der Waals surface area contributed by atoms with Crippen molar-refractivity contribution in [2.24, 2.45) is 0 Å². The van der Waals surface area contributed by atoms with E-state index in [1.165, 1.54) is 4.88 Å². The maximum atomic E-state index is 10.8. The third kappa shape index (κ3) is 3.22. The summed E-state index contributed by atoms with van der Waals surface area (Å²) in [6.07, 6.45) is 0. The predicted octanol–water partition coefficient (Wildman–Crippen LogP) is 3.40. The van der Waals surface area contributed by atoms with E-state index in [9.17, 15) is 4.79 Å². The highest BCUT2D eigenvalue weighted by atomic mass is 79.9. The summed E-state index contributed by atoms with van der Waals surface area (Å²) in [7, 11) is 0. The maximum absolute atomic E-state index is 10.8. The van der Waals surface area contributed by atoms with E-state index in [1.807, 2.05) is 11.4 Å². The van der Waals surface area contributed by atoms with Crippen LogP contribution in [0.15, 0.2) is 26.4 Å². The molecule has 0 aliphatic carbocycles. The first-order valence-corrected chi connectivity index (χ1v) is 7.00. The highest BCUT2D eigenvalue weighted by Crippen LogP contribution is 2.20. The van der Waals surface area contributed by atoms with Crippen molar-refractivity contribution in [1.82, 2.24) is 5.32 Å². The minimum atomic E-state index is -0.954. The van der Waals surface area contributed by atoms with Gasteiger partial charge in [0.2, 0.25) is 0 Å². The van der Waals surface area contributed by atoms with Gasteiger partial charge < -0.3 is 14.8 Å². The molecule has 0 aliphatic heterocycles. The number of aryl methyl sites for hydroxylation is 1. The molecule has 4 nitrogen and oxygen atoms in total. The maximum Gasteiger partial charge on any atom is 0.339 e. The molecule has 2 aromatic heterocycles. The number of hydrogen-bond donors (Lipinski definition) is 2. The lowest BCUT2D eigenvalue weighted by Gasteiger charge is -1.99. The molecular formula is C12H12BrNO3S. The summed E-state index contributed by atoms with van der Waals surface area (Å²) >= 11 is 5.06. The summed E-state index contributed by atoms with van der Waals surface area (Å²) in [6, 6.07) is 3.61. The van der Waals surface area contributed by atoms with Crippen molar-refractivity contribution in [1.29, 1.82) is 0 Å². The molecule has 6 heteroatoms. The van der Waals surface area contributed by atoms with Crippen LogP contribution in [0.1, 0.15) is 26.8 Å². The Morgan fingerprint density at radius 3 is 2.83 bits per heavy atom. The molecular weight excluding hydrogens is 318 g/mol. The smallest absolute Gasteiger partial charge is 0.339 e. The fourth-order valence-electron chi connectivity index (χ4n) is 1.60. The molecule has 2 heterocycles. The van der Waals surface area contributed by atoms with Gasteiger partial charge in [-0.15, -0.1) is 11.3 Å². The van der Waals surface area contributed by atoms with Crippen molar-refractivity contribution >= 4 is 33.2 Å².